The smallest absolute Gasteiger partial charge is 0.142 e. The van der Waals surface area contributed by atoms with E-state index in [2.05, 4.69) is 30.4 Å². The summed E-state index contributed by atoms with van der Waals surface area (Å²) in [7, 11) is 1.76. The van der Waals surface area contributed by atoms with Gasteiger partial charge in [0.2, 0.25) is 0 Å². The van der Waals surface area contributed by atoms with Crippen molar-refractivity contribution in [2.45, 2.75) is 50.5 Å². The van der Waals surface area contributed by atoms with Crippen LogP contribution in [0.1, 0.15) is 50.5 Å². The second-order valence-electron chi connectivity index (χ2n) is 5.64. The quantitative estimate of drug-likeness (QED) is 0.790. The molecule has 1 saturated carbocycles. The number of hydrogen-bond donors (Lipinski definition) is 1. The van der Waals surface area contributed by atoms with E-state index in [1.165, 1.54) is 43.4 Å². The zero-order valence-electron chi connectivity index (χ0n) is 10.8. The number of rotatable bonds is 1. The zero-order valence-corrected chi connectivity index (χ0v) is 10.8. The first-order valence-corrected chi connectivity index (χ1v) is 6.69. The molecule has 1 spiro atoms. The minimum atomic E-state index is 0.348. The number of anilines is 1. The lowest BCUT2D eigenvalue weighted by Gasteiger charge is -2.40. The lowest BCUT2D eigenvalue weighted by molar-refractivity contribution is 0.380. The standard InChI is InChI=1S/C15H21NO/c1-11-10-15(8-3-4-9-15)16-14-12(11)6-5-7-13(14)17-2/h5-7,11,16H,3-4,8-10H2,1-2H3. The van der Waals surface area contributed by atoms with Crippen LogP contribution in [0.15, 0.2) is 18.2 Å². The predicted octanol–water partition coefficient (Wildman–Crippen LogP) is 3.93. The molecule has 0 saturated heterocycles. The predicted molar refractivity (Wildman–Crippen MR) is 70.8 cm³/mol. The highest BCUT2D eigenvalue weighted by molar-refractivity contribution is 5.66. The number of hydrogen-bond acceptors (Lipinski definition) is 2. The van der Waals surface area contributed by atoms with Crippen molar-refractivity contribution < 1.29 is 4.74 Å². The fourth-order valence-corrected chi connectivity index (χ4v) is 3.66. The van der Waals surface area contributed by atoms with Gasteiger partial charge in [-0.2, -0.15) is 0 Å². The van der Waals surface area contributed by atoms with E-state index in [0.717, 1.165) is 5.75 Å². The maximum atomic E-state index is 5.50. The summed E-state index contributed by atoms with van der Waals surface area (Å²) in [6.07, 6.45) is 6.63. The van der Waals surface area contributed by atoms with Gasteiger partial charge in [0.15, 0.2) is 0 Å². The Labute approximate surface area is 103 Å². The normalized spacial score (nSPS) is 25.4. The van der Waals surface area contributed by atoms with Crippen LogP contribution in [-0.2, 0) is 0 Å². The van der Waals surface area contributed by atoms with Gasteiger partial charge in [0.25, 0.3) is 0 Å². The number of methoxy groups -OCH3 is 1. The van der Waals surface area contributed by atoms with Gasteiger partial charge in [0, 0.05) is 5.54 Å². The molecule has 1 heterocycles. The molecule has 2 heteroatoms. The van der Waals surface area contributed by atoms with Gasteiger partial charge in [0.1, 0.15) is 5.75 Å². The molecule has 3 rings (SSSR count). The second-order valence-corrected chi connectivity index (χ2v) is 5.64. The van der Waals surface area contributed by atoms with E-state index in [1.54, 1.807) is 7.11 Å². The molecule has 17 heavy (non-hydrogen) atoms. The summed E-state index contributed by atoms with van der Waals surface area (Å²) >= 11 is 0. The first-order valence-electron chi connectivity index (χ1n) is 6.69. The fourth-order valence-electron chi connectivity index (χ4n) is 3.66. The number of nitrogens with one attached hydrogen (secondary N) is 1. The van der Waals surface area contributed by atoms with Gasteiger partial charge >= 0.3 is 0 Å². The summed E-state index contributed by atoms with van der Waals surface area (Å²) in [5.41, 5.74) is 3.01. The van der Waals surface area contributed by atoms with Crippen LogP contribution in [0.2, 0.25) is 0 Å². The maximum absolute atomic E-state index is 5.50. The molecule has 0 amide bonds. The van der Waals surface area contributed by atoms with Crippen molar-refractivity contribution in [1.82, 2.24) is 0 Å². The molecule has 0 aromatic heterocycles. The molecule has 2 nitrogen and oxygen atoms in total. The molecule has 1 aromatic carbocycles. The Morgan fingerprint density at radius 1 is 1.29 bits per heavy atom. The van der Waals surface area contributed by atoms with Crippen LogP contribution in [0, 0.1) is 0 Å². The molecule has 92 valence electrons. The number of benzene rings is 1. The Balaban J connectivity index is 2.03. The van der Waals surface area contributed by atoms with Crippen LogP contribution < -0.4 is 10.1 Å². The Morgan fingerprint density at radius 2 is 2.06 bits per heavy atom. The highest BCUT2D eigenvalue weighted by atomic mass is 16.5. The minimum Gasteiger partial charge on any atom is -0.495 e. The molecule has 0 bridgehead atoms. The summed E-state index contributed by atoms with van der Waals surface area (Å²) in [5.74, 6) is 1.64. The topological polar surface area (TPSA) is 21.3 Å². The van der Waals surface area contributed by atoms with Crippen LogP contribution in [0.4, 0.5) is 5.69 Å². The Hall–Kier alpha value is -1.18. The number of ether oxygens (including phenoxy) is 1. The average molecular weight is 231 g/mol. The van der Waals surface area contributed by atoms with Gasteiger partial charge < -0.3 is 10.1 Å². The van der Waals surface area contributed by atoms with E-state index in [1.807, 2.05) is 0 Å². The third-order valence-corrected chi connectivity index (χ3v) is 4.46. The fraction of sp³-hybridized carbons (Fsp3) is 0.600. The van der Waals surface area contributed by atoms with Crippen molar-refractivity contribution in [1.29, 1.82) is 0 Å². The molecule has 1 fully saturated rings. The molecule has 1 aliphatic heterocycles. The van der Waals surface area contributed by atoms with Crippen LogP contribution >= 0.6 is 0 Å². The van der Waals surface area contributed by atoms with Crippen molar-refractivity contribution in [2.24, 2.45) is 0 Å². The SMILES string of the molecule is COc1cccc2c1NC1(CCCC1)CC2C. The van der Waals surface area contributed by atoms with E-state index < -0.39 is 0 Å². The first kappa shape index (κ1) is 10.9. The third-order valence-electron chi connectivity index (χ3n) is 4.46. The molecule has 1 unspecified atom stereocenters. The molecule has 1 aromatic rings. The third kappa shape index (κ3) is 1.70. The van der Waals surface area contributed by atoms with E-state index in [4.69, 9.17) is 4.74 Å². The largest absolute Gasteiger partial charge is 0.495 e. The van der Waals surface area contributed by atoms with E-state index >= 15 is 0 Å². The molecule has 1 aliphatic carbocycles. The summed E-state index contributed by atoms with van der Waals surface area (Å²) in [6, 6.07) is 6.40. The summed E-state index contributed by atoms with van der Waals surface area (Å²) in [4.78, 5) is 0. The van der Waals surface area contributed by atoms with E-state index in [9.17, 15) is 0 Å². The van der Waals surface area contributed by atoms with Gasteiger partial charge in [0.05, 0.1) is 12.8 Å². The lowest BCUT2D eigenvalue weighted by atomic mass is 9.78. The van der Waals surface area contributed by atoms with Gasteiger partial charge in [-0.3, -0.25) is 0 Å². The van der Waals surface area contributed by atoms with Gasteiger partial charge in [-0.1, -0.05) is 31.9 Å². The minimum absolute atomic E-state index is 0.348. The lowest BCUT2D eigenvalue weighted by Crippen LogP contribution is -2.40. The average Bonchev–Trinajstić information content (AvgIpc) is 2.76. The molecular weight excluding hydrogens is 210 g/mol. The van der Waals surface area contributed by atoms with Crippen molar-refractivity contribution >= 4 is 5.69 Å². The summed E-state index contributed by atoms with van der Waals surface area (Å²) in [6.45, 7) is 2.35. The molecule has 1 N–H and O–H groups in total. The van der Waals surface area contributed by atoms with Crippen LogP contribution in [0.3, 0.4) is 0 Å². The summed E-state index contributed by atoms with van der Waals surface area (Å²) < 4.78 is 5.50. The Kier molecular flexibility index (Phi) is 2.53. The maximum Gasteiger partial charge on any atom is 0.142 e. The molecular formula is C15H21NO. The number of fused-ring (bicyclic) bond motifs is 1. The van der Waals surface area contributed by atoms with Gasteiger partial charge in [-0.15, -0.1) is 0 Å². The van der Waals surface area contributed by atoms with E-state index in [0.29, 0.717) is 11.5 Å². The highest BCUT2D eigenvalue weighted by Gasteiger charge is 2.40. The monoisotopic (exact) mass is 231 g/mol. The van der Waals surface area contributed by atoms with Crippen molar-refractivity contribution in [2.75, 3.05) is 12.4 Å². The van der Waals surface area contributed by atoms with Crippen LogP contribution in [0.5, 0.6) is 5.75 Å². The Morgan fingerprint density at radius 3 is 2.76 bits per heavy atom. The van der Waals surface area contributed by atoms with Gasteiger partial charge in [-0.05, 0) is 36.8 Å². The van der Waals surface area contributed by atoms with E-state index in [-0.39, 0.29) is 0 Å². The first-order chi connectivity index (χ1) is 8.24. The summed E-state index contributed by atoms with van der Waals surface area (Å²) in [5, 5.41) is 3.80. The van der Waals surface area contributed by atoms with Crippen molar-refractivity contribution in [3.05, 3.63) is 23.8 Å². The molecule has 2 aliphatic rings. The van der Waals surface area contributed by atoms with Crippen LogP contribution in [-0.4, -0.2) is 12.6 Å². The van der Waals surface area contributed by atoms with Gasteiger partial charge in [-0.25, -0.2) is 0 Å². The van der Waals surface area contributed by atoms with Crippen molar-refractivity contribution in [3.63, 3.8) is 0 Å². The molecule has 0 radical (unpaired) electrons. The zero-order chi connectivity index (χ0) is 11.9. The molecule has 1 atom stereocenters. The van der Waals surface area contributed by atoms with Crippen LogP contribution in [0.25, 0.3) is 0 Å². The second kappa shape index (κ2) is 3.94. The Bertz CT molecular complexity index is 421. The van der Waals surface area contributed by atoms with Crippen molar-refractivity contribution in [3.8, 4) is 5.75 Å². The highest BCUT2D eigenvalue weighted by Crippen LogP contribution is 2.48. The number of para-hydroxylation sites is 1.